The molecule has 2 heterocycles. The first-order valence-electron chi connectivity index (χ1n) is 11.2. The number of halogens is 1. The quantitative estimate of drug-likeness (QED) is 0.397. The highest BCUT2D eigenvalue weighted by Gasteiger charge is 2.23. The zero-order valence-electron chi connectivity index (χ0n) is 19.5. The summed E-state index contributed by atoms with van der Waals surface area (Å²) in [6, 6.07) is 4.86. The molecule has 11 nitrogen and oxygen atoms in total. The van der Waals surface area contributed by atoms with E-state index in [1.807, 2.05) is 11.8 Å². The molecule has 1 aromatic heterocycles. The second kappa shape index (κ2) is 12.6. The van der Waals surface area contributed by atoms with Gasteiger partial charge in [-0.15, -0.1) is 4.99 Å². The van der Waals surface area contributed by atoms with Crippen LogP contribution in [0.15, 0.2) is 35.6 Å². The third-order valence-corrected chi connectivity index (χ3v) is 5.43. The fraction of sp³-hybridized carbons (Fsp3) is 0.435. The number of benzene rings is 1. The van der Waals surface area contributed by atoms with Crippen LogP contribution in [0.1, 0.15) is 25.3 Å². The number of carbonyl (C=O) groups excluding carboxylic acids is 2. The van der Waals surface area contributed by atoms with Crippen LogP contribution in [0, 0.1) is 11.7 Å². The van der Waals surface area contributed by atoms with Crippen molar-refractivity contribution in [3.8, 4) is 17.1 Å². The van der Waals surface area contributed by atoms with Crippen LogP contribution in [0.5, 0.6) is 6.01 Å². The fourth-order valence-corrected chi connectivity index (χ4v) is 3.54. The summed E-state index contributed by atoms with van der Waals surface area (Å²) >= 11 is 0. The van der Waals surface area contributed by atoms with Crippen LogP contribution in [-0.4, -0.2) is 65.7 Å². The van der Waals surface area contributed by atoms with E-state index in [2.05, 4.69) is 15.0 Å². The van der Waals surface area contributed by atoms with E-state index < -0.39 is 17.9 Å². The SMILES string of the molecule is CCOCC(=O)N1CCC(COc2ncc(-c3cccc(COC(=O)N=C(N)N)c3F)cn2)CC1. The Bertz CT molecular complexity index is 1040. The number of hydrogen-bond donors (Lipinski definition) is 2. The summed E-state index contributed by atoms with van der Waals surface area (Å²) in [5.74, 6) is -0.728. The zero-order chi connectivity index (χ0) is 25.2. The van der Waals surface area contributed by atoms with E-state index in [1.54, 1.807) is 12.1 Å². The molecule has 0 bridgehead atoms. The first kappa shape index (κ1) is 25.8. The van der Waals surface area contributed by atoms with Gasteiger partial charge in [0.05, 0.1) is 6.61 Å². The molecule has 0 radical (unpaired) electrons. The molecule has 1 aliphatic rings. The number of aliphatic imine (C=N–C) groups is 1. The number of rotatable bonds is 9. The largest absolute Gasteiger partial charge is 0.463 e. The fourth-order valence-electron chi connectivity index (χ4n) is 3.54. The van der Waals surface area contributed by atoms with Crippen LogP contribution in [0.25, 0.3) is 11.1 Å². The maximum atomic E-state index is 14.9. The standard InChI is InChI=1S/C23H29FN6O5/c1-2-33-14-19(31)30-8-6-15(7-9-30)12-34-22-27-10-17(11-28-22)18-5-3-4-16(20(18)24)13-35-23(32)29-21(25)26/h3-5,10-11,15H,2,6-9,12-14H2,1H3,(H4,25,26,29,32). The van der Waals surface area contributed by atoms with Crippen LogP contribution in [0.3, 0.4) is 0 Å². The highest BCUT2D eigenvalue weighted by atomic mass is 19.1. The summed E-state index contributed by atoms with van der Waals surface area (Å²) in [6.07, 6.45) is 3.56. The van der Waals surface area contributed by atoms with Gasteiger partial charge in [-0.3, -0.25) is 4.79 Å². The summed E-state index contributed by atoms with van der Waals surface area (Å²) in [6.45, 7) is 3.91. The minimum atomic E-state index is -1.01. The Morgan fingerprint density at radius 2 is 1.91 bits per heavy atom. The van der Waals surface area contributed by atoms with Crippen molar-refractivity contribution in [2.75, 3.05) is 32.9 Å². The Labute approximate surface area is 202 Å². The summed E-state index contributed by atoms with van der Waals surface area (Å²) < 4.78 is 30.7. The molecule has 1 fully saturated rings. The Kier molecular flexibility index (Phi) is 9.30. The number of hydrogen-bond acceptors (Lipinski definition) is 7. The average molecular weight is 489 g/mol. The number of carbonyl (C=O) groups is 2. The molecule has 1 saturated heterocycles. The summed E-state index contributed by atoms with van der Waals surface area (Å²) in [5, 5.41) is 0. The predicted molar refractivity (Wildman–Crippen MR) is 125 cm³/mol. The van der Waals surface area contributed by atoms with Crippen LogP contribution in [0.4, 0.5) is 9.18 Å². The van der Waals surface area contributed by atoms with Crippen molar-refractivity contribution in [1.29, 1.82) is 0 Å². The molecule has 0 aliphatic carbocycles. The molecule has 1 aliphatic heterocycles. The van der Waals surface area contributed by atoms with Gasteiger partial charge in [0.25, 0.3) is 0 Å². The van der Waals surface area contributed by atoms with E-state index in [-0.39, 0.29) is 42.2 Å². The van der Waals surface area contributed by atoms with E-state index in [4.69, 9.17) is 25.7 Å². The zero-order valence-corrected chi connectivity index (χ0v) is 19.5. The number of aromatic nitrogens is 2. The van der Waals surface area contributed by atoms with Gasteiger partial charge in [0, 0.05) is 48.8 Å². The van der Waals surface area contributed by atoms with Crippen molar-refractivity contribution in [3.05, 3.63) is 42.0 Å². The van der Waals surface area contributed by atoms with Crippen molar-refractivity contribution in [1.82, 2.24) is 14.9 Å². The van der Waals surface area contributed by atoms with Gasteiger partial charge in [-0.1, -0.05) is 18.2 Å². The molecule has 35 heavy (non-hydrogen) atoms. The van der Waals surface area contributed by atoms with Crippen LogP contribution in [-0.2, 0) is 20.9 Å². The molecule has 4 N–H and O–H groups in total. The Morgan fingerprint density at radius 1 is 1.20 bits per heavy atom. The van der Waals surface area contributed by atoms with Gasteiger partial charge in [-0.05, 0) is 25.7 Å². The van der Waals surface area contributed by atoms with E-state index in [0.717, 1.165) is 12.8 Å². The van der Waals surface area contributed by atoms with Crippen molar-refractivity contribution in [2.45, 2.75) is 26.4 Å². The number of ether oxygens (including phenoxy) is 3. The first-order chi connectivity index (χ1) is 16.9. The Morgan fingerprint density at radius 3 is 2.57 bits per heavy atom. The normalized spacial score (nSPS) is 13.8. The van der Waals surface area contributed by atoms with Gasteiger partial charge in [0.2, 0.25) is 5.91 Å². The lowest BCUT2D eigenvalue weighted by Gasteiger charge is -2.31. The smallest absolute Gasteiger partial charge is 0.437 e. The van der Waals surface area contributed by atoms with Crippen LogP contribution >= 0.6 is 0 Å². The summed E-state index contributed by atoms with van der Waals surface area (Å²) in [7, 11) is 0. The minimum absolute atomic E-state index is 0.00775. The third-order valence-electron chi connectivity index (χ3n) is 5.43. The van der Waals surface area contributed by atoms with E-state index in [1.165, 1.54) is 18.5 Å². The molecule has 0 spiro atoms. The monoisotopic (exact) mass is 488 g/mol. The highest BCUT2D eigenvalue weighted by Crippen LogP contribution is 2.25. The maximum Gasteiger partial charge on any atom is 0.437 e. The number of likely N-dealkylation sites (tertiary alicyclic amines) is 1. The number of nitrogens with two attached hydrogens (primary N) is 2. The lowest BCUT2D eigenvalue weighted by Crippen LogP contribution is -2.41. The van der Waals surface area contributed by atoms with Gasteiger partial charge in [-0.2, -0.15) is 0 Å². The van der Waals surface area contributed by atoms with Gasteiger partial charge in [0.1, 0.15) is 19.0 Å². The Balaban J connectivity index is 1.52. The molecule has 2 amide bonds. The van der Waals surface area contributed by atoms with Crippen molar-refractivity contribution < 1.29 is 28.2 Å². The summed E-state index contributed by atoms with van der Waals surface area (Å²) in [4.78, 5) is 36.9. The Hall–Kier alpha value is -3.80. The van der Waals surface area contributed by atoms with Gasteiger partial charge in [-0.25, -0.2) is 19.2 Å². The number of guanidine groups is 1. The molecule has 1 aromatic carbocycles. The molecule has 0 unspecified atom stereocenters. The summed E-state index contributed by atoms with van der Waals surface area (Å²) in [5.41, 5.74) is 11.1. The van der Waals surface area contributed by atoms with Crippen molar-refractivity contribution in [2.24, 2.45) is 22.4 Å². The second-order valence-electron chi connectivity index (χ2n) is 7.90. The molecular weight excluding hydrogens is 459 g/mol. The highest BCUT2D eigenvalue weighted by molar-refractivity contribution is 5.87. The van der Waals surface area contributed by atoms with Crippen LogP contribution < -0.4 is 16.2 Å². The van der Waals surface area contributed by atoms with Crippen molar-refractivity contribution in [3.63, 3.8) is 0 Å². The molecule has 12 heteroatoms. The first-order valence-corrected chi connectivity index (χ1v) is 11.2. The predicted octanol–water partition coefficient (Wildman–Crippen LogP) is 1.85. The number of nitrogens with zero attached hydrogens (tertiary/aromatic N) is 4. The number of piperidine rings is 1. The molecule has 3 rings (SSSR count). The van der Waals surface area contributed by atoms with E-state index >= 15 is 0 Å². The van der Waals surface area contributed by atoms with E-state index in [9.17, 15) is 14.0 Å². The maximum absolute atomic E-state index is 14.9. The molecule has 0 saturated carbocycles. The van der Waals surface area contributed by atoms with Gasteiger partial charge >= 0.3 is 12.1 Å². The van der Waals surface area contributed by atoms with Crippen LogP contribution in [0.2, 0.25) is 0 Å². The molecule has 188 valence electrons. The molecular formula is C23H29FN6O5. The van der Waals surface area contributed by atoms with E-state index in [0.29, 0.717) is 31.9 Å². The third kappa shape index (κ3) is 7.60. The minimum Gasteiger partial charge on any atom is -0.463 e. The topological polar surface area (TPSA) is 155 Å². The lowest BCUT2D eigenvalue weighted by atomic mass is 9.98. The van der Waals surface area contributed by atoms with Crippen molar-refractivity contribution >= 4 is 18.0 Å². The van der Waals surface area contributed by atoms with Gasteiger partial charge < -0.3 is 30.6 Å². The molecule has 0 atom stereocenters. The second-order valence-corrected chi connectivity index (χ2v) is 7.90. The lowest BCUT2D eigenvalue weighted by molar-refractivity contribution is -0.137. The molecule has 2 aromatic rings. The van der Waals surface area contributed by atoms with Gasteiger partial charge in [0.15, 0.2) is 5.96 Å². The number of amides is 2. The average Bonchev–Trinajstić information content (AvgIpc) is 2.85.